The minimum absolute atomic E-state index is 0.0148. The van der Waals surface area contributed by atoms with E-state index in [2.05, 4.69) is 10.3 Å². The molecule has 3 N–H and O–H groups in total. The summed E-state index contributed by atoms with van der Waals surface area (Å²) in [6.45, 7) is 2.11. The highest BCUT2D eigenvalue weighted by Gasteiger charge is 2.06. The molecular weight excluding hydrogens is 226 g/mol. The zero-order valence-electron chi connectivity index (χ0n) is 10.2. The molecule has 0 aliphatic heterocycles. The first-order valence-electron chi connectivity index (χ1n) is 5.70. The summed E-state index contributed by atoms with van der Waals surface area (Å²) in [6, 6.07) is 9.34. The third-order valence-electron chi connectivity index (χ3n) is 2.72. The van der Waals surface area contributed by atoms with Crippen molar-refractivity contribution in [1.29, 1.82) is 0 Å². The van der Waals surface area contributed by atoms with Gasteiger partial charge in [-0.15, -0.1) is 0 Å². The normalized spacial score (nSPS) is 10.1. The Hall–Kier alpha value is -2.36. The van der Waals surface area contributed by atoms with Crippen LogP contribution in [-0.4, -0.2) is 10.8 Å². The molecule has 2 aromatic rings. The number of aromatic nitrogens is 1. The third kappa shape index (κ3) is 2.66. The van der Waals surface area contributed by atoms with Crippen LogP contribution in [0.4, 0.5) is 11.4 Å². The minimum atomic E-state index is 0.0148. The highest BCUT2D eigenvalue weighted by molar-refractivity contribution is 5.99. The summed E-state index contributed by atoms with van der Waals surface area (Å²) in [5.74, 6) is 0.0148. The molecule has 0 spiro atoms. The van der Waals surface area contributed by atoms with Crippen LogP contribution in [0.5, 0.6) is 0 Å². The van der Waals surface area contributed by atoms with Gasteiger partial charge in [-0.05, 0) is 24.6 Å². The molecule has 0 bridgehead atoms. The second kappa shape index (κ2) is 5.31. The first-order chi connectivity index (χ1) is 8.68. The first-order valence-corrected chi connectivity index (χ1v) is 5.70. The fraction of sp³-hybridized carbons (Fsp3) is 0.143. The molecule has 0 aliphatic rings. The fourth-order valence-electron chi connectivity index (χ4n) is 1.73. The second-order valence-electron chi connectivity index (χ2n) is 4.03. The number of anilines is 2. The highest BCUT2D eigenvalue weighted by Crippen LogP contribution is 2.17. The average molecular weight is 241 g/mol. The van der Waals surface area contributed by atoms with Crippen molar-refractivity contribution < 1.29 is 4.79 Å². The van der Waals surface area contributed by atoms with Crippen LogP contribution in [0.25, 0.3) is 0 Å². The van der Waals surface area contributed by atoms with E-state index in [-0.39, 0.29) is 5.78 Å². The third-order valence-corrected chi connectivity index (χ3v) is 2.72. The number of ketones is 1. The Morgan fingerprint density at radius 1 is 1.33 bits per heavy atom. The molecular formula is C14H15N3O. The number of Topliss-reactive ketones (excluding diaryl/α,β-unsaturated/α-hetero) is 1. The van der Waals surface area contributed by atoms with E-state index < -0.39 is 0 Å². The van der Waals surface area contributed by atoms with Gasteiger partial charge in [0.1, 0.15) is 0 Å². The molecule has 2 rings (SSSR count). The molecule has 0 atom stereocenters. The van der Waals surface area contributed by atoms with Crippen LogP contribution in [0.2, 0.25) is 0 Å². The van der Waals surface area contributed by atoms with Gasteiger partial charge >= 0.3 is 0 Å². The quantitative estimate of drug-likeness (QED) is 0.637. The average Bonchev–Trinajstić information content (AvgIpc) is 2.38. The van der Waals surface area contributed by atoms with E-state index in [1.54, 1.807) is 18.5 Å². The molecule has 92 valence electrons. The van der Waals surface area contributed by atoms with Gasteiger partial charge < -0.3 is 11.1 Å². The second-order valence-corrected chi connectivity index (χ2v) is 4.03. The molecule has 4 nitrogen and oxygen atoms in total. The molecule has 4 heteroatoms. The number of nitrogen functional groups attached to an aromatic ring is 1. The van der Waals surface area contributed by atoms with Gasteiger partial charge in [-0.3, -0.25) is 9.78 Å². The van der Waals surface area contributed by atoms with E-state index >= 15 is 0 Å². The SMILES string of the molecule is CC(=O)c1ccncc1NCc1ccccc1N. The van der Waals surface area contributed by atoms with Crippen LogP contribution < -0.4 is 11.1 Å². The summed E-state index contributed by atoms with van der Waals surface area (Å²) >= 11 is 0. The van der Waals surface area contributed by atoms with Gasteiger partial charge in [0.2, 0.25) is 0 Å². The Labute approximate surface area is 106 Å². The zero-order chi connectivity index (χ0) is 13.0. The Balaban J connectivity index is 2.16. The molecule has 0 amide bonds. The van der Waals surface area contributed by atoms with Gasteiger partial charge in [0, 0.05) is 24.0 Å². The van der Waals surface area contributed by atoms with E-state index in [0.717, 1.165) is 16.9 Å². The van der Waals surface area contributed by atoms with Crippen molar-refractivity contribution in [3.63, 3.8) is 0 Å². The molecule has 0 saturated carbocycles. The lowest BCUT2D eigenvalue weighted by Crippen LogP contribution is -2.06. The summed E-state index contributed by atoms with van der Waals surface area (Å²) < 4.78 is 0. The van der Waals surface area contributed by atoms with Crippen LogP contribution in [0.15, 0.2) is 42.7 Å². The van der Waals surface area contributed by atoms with Gasteiger partial charge in [0.25, 0.3) is 0 Å². The molecule has 0 radical (unpaired) electrons. The van der Waals surface area contributed by atoms with E-state index in [9.17, 15) is 4.79 Å². The number of nitrogens with one attached hydrogen (secondary N) is 1. The maximum absolute atomic E-state index is 11.5. The Bertz CT molecular complexity index is 566. The Morgan fingerprint density at radius 3 is 2.83 bits per heavy atom. The lowest BCUT2D eigenvalue weighted by molar-refractivity contribution is 0.101. The Kier molecular flexibility index (Phi) is 3.57. The fourth-order valence-corrected chi connectivity index (χ4v) is 1.73. The number of rotatable bonds is 4. The smallest absolute Gasteiger partial charge is 0.161 e. The van der Waals surface area contributed by atoms with Crippen LogP contribution in [0.3, 0.4) is 0 Å². The van der Waals surface area contributed by atoms with Crippen molar-refractivity contribution in [2.75, 3.05) is 11.1 Å². The predicted octanol–water partition coefficient (Wildman–Crippen LogP) is 2.48. The number of nitrogens with zero attached hydrogens (tertiary/aromatic N) is 1. The highest BCUT2D eigenvalue weighted by atomic mass is 16.1. The monoisotopic (exact) mass is 241 g/mol. The minimum Gasteiger partial charge on any atom is -0.398 e. The zero-order valence-corrected chi connectivity index (χ0v) is 10.2. The van der Waals surface area contributed by atoms with Crippen LogP contribution in [0.1, 0.15) is 22.8 Å². The molecule has 0 saturated heterocycles. The lowest BCUT2D eigenvalue weighted by Gasteiger charge is -2.10. The van der Waals surface area contributed by atoms with Crippen molar-refractivity contribution in [3.8, 4) is 0 Å². The number of pyridine rings is 1. The van der Waals surface area contributed by atoms with E-state index in [1.165, 1.54) is 6.92 Å². The predicted molar refractivity (Wildman–Crippen MR) is 72.4 cm³/mol. The van der Waals surface area contributed by atoms with Gasteiger partial charge in [0.05, 0.1) is 11.9 Å². The Morgan fingerprint density at radius 2 is 2.11 bits per heavy atom. The summed E-state index contributed by atoms with van der Waals surface area (Å²) in [5, 5.41) is 3.19. The van der Waals surface area contributed by atoms with Gasteiger partial charge in [-0.25, -0.2) is 0 Å². The van der Waals surface area contributed by atoms with Crippen molar-refractivity contribution in [1.82, 2.24) is 4.98 Å². The van der Waals surface area contributed by atoms with E-state index in [4.69, 9.17) is 5.73 Å². The van der Waals surface area contributed by atoms with Crippen LogP contribution in [0, 0.1) is 0 Å². The maximum atomic E-state index is 11.5. The number of benzene rings is 1. The maximum Gasteiger partial charge on any atom is 0.161 e. The number of hydrogen-bond donors (Lipinski definition) is 2. The first kappa shape index (κ1) is 12.1. The molecule has 1 heterocycles. The number of nitrogens with two attached hydrogens (primary N) is 1. The summed E-state index contributed by atoms with van der Waals surface area (Å²) in [4.78, 5) is 15.5. The van der Waals surface area contributed by atoms with Crippen LogP contribution >= 0.6 is 0 Å². The van der Waals surface area contributed by atoms with Crippen molar-refractivity contribution in [3.05, 3.63) is 53.9 Å². The molecule has 0 aliphatic carbocycles. The number of carbonyl (C=O) groups excluding carboxylic acids is 1. The topological polar surface area (TPSA) is 68.0 Å². The van der Waals surface area contributed by atoms with Gasteiger partial charge in [-0.1, -0.05) is 18.2 Å². The molecule has 1 aromatic carbocycles. The van der Waals surface area contributed by atoms with Gasteiger partial charge in [-0.2, -0.15) is 0 Å². The molecule has 0 unspecified atom stereocenters. The van der Waals surface area contributed by atoms with Gasteiger partial charge in [0.15, 0.2) is 5.78 Å². The van der Waals surface area contributed by atoms with Crippen molar-refractivity contribution in [2.24, 2.45) is 0 Å². The standard InChI is InChI=1S/C14H15N3O/c1-10(18)12-6-7-16-9-14(12)17-8-11-4-2-3-5-13(11)15/h2-7,9,17H,8,15H2,1H3. The van der Waals surface area contributed by atoms with Crippen molar-refractivity contribution >= 4 is 17.2 Å². The molecule has 0 fully saturated rings. The van der Waals surface area contributed by atoms with Crippen molar-refractivity contribution in [2.45, 2.75) is 13.5 Å². The summed E-state index contributed by atoms with van der Waals surface area (Å²) in [7, 11) is 0. The molecule has 1 aromatic heterocycles. The number of carbonyl (C=O) groups is 1. The summed E-state index contributed by atoms with van der Waals surface area (Å²) in [6.07, 6.45) is 3.26. The van der Waals surface area contributed by atoms with Crippen LogP contribution in [-0.2, 0) is 6.54 Å². The lowest BCUT2D eigenvalue weighted by atomic mass is 10.1. The molecule has 18 heavy (non-hydrogen) atoms. The number of hydrogen-bond acceptors (Lipinski definition) is 4. The van der Waals surface area contributed by atoms with E-state index in [1.807, 2.05) is 24.3 Å². The number of para-hydroxylation sites is 1. The van der Waals surface area contributed by atoms with E-state index in [0.29, 0.717) is 12.1 Å². The summed E-state index contributed by atoms with van der Waals surface area (Å²) in [5.41, 5.74) is 8.96. The largest absolute Gasteiger partial charge is 0.398 e.